The number of nitrogens with one attached hydrogen (secondary N) is 1. The van der Waals surface area contributed by atoms with Gasteiger partial charge in [-0.25, -0.2) is 4.79 Å². The number of amides is 1. The Morgan fingerprint density at radius 2 is 1.94 bits per heavy atom. The number of anilines is 1. The molecule has 1 heterocycles. The molecule has 1 fully saturated rings. The van der Waals surface area contributed by atoms with Crippen molar-refractivity contribution in [3.63, 3.8) is 0 Å². The molecule has 5 heteroatoms. The van der Waals surface area contributed by atoms with Crippen LogP contribution in [-0.4, -0.2) is 44.0 Å². The first-order chi connectivity index (χ1) is 8.75. The maximum absolute atomic E-state index is 10.3. The van der Waals surface area contributed by atoms with Crippen LogP contribution in [0.25, 0.3) is 0 Å². The lowest BCUT2D eigenvalue weighted by Crippen LogP contribution is -2.36. The maximum atomic E-state index is 10.3. The lowest BCUT2D eigenvalue weighted by atomic mass is 10.1. The Morgan fingerprint density at radius 3 is 2.56 bits per heavy atom. The lowest BCUT2D eigenvalue weighted by Gasteiger charge is -2.28. The predicted molar refractivity (Wildman–Crippen MR) is 69.2 cm³/mol. The summed E-state index contributed by atoms with van der Waals surface area (Å²) in [6.45, 7) is 3.88. The van der Waals surface area contributed by atoms with Crippen LogP contribution in [0.5, 0.6) is 0 Å². The Balaban J connectivity index is 1.86. The third-order valence-electron chi connectivity index (χ3n) is 3.00. The number of hydrogen-bond acceptors (Lipinski definition) is 3. The molecule has 1 saturated heterocycles. The van der Waals surface area contributed by atoms with Gasteiger partial charge in [-0.3, -0.25) is 0 Å². The van der Waals surface area contributed by atoms with Crippen LogP contribution < -0.4 is 10.2 Å². The van der Waals surface area contributed by atoms with E-state index in [0.717, 1.165) is 38.3 Å². The molecule has 0 aliphatic carbocycles. The molecule has 0 unspecified atom stereocenters. The molecule has 98 valence electrons. The van der Waals surface area contributed by atoms with E-state index in [1.807, 2.05) is 12.1 Å². The molecule has 1 aromatic rings. The first-order valence-electron chi connectivity index (χ1n) is 6.14. The minimum absolute atomic E-state index is 0.451. The van der Waals surface area contributed by atoms with Gasteiger partial charge in [0.25, 0.3) is 0 Å². The van der Waals surface area contributed by atoms with Crippen LogP contribution in [0.1, 0.15) is 5.56 Å². The van der Waals surface area contributed by atoms with Crippen molar-refractivity contribution >= 4 is 11.8 Å². The Kier molecular flexibility index (Phi) is 4.41. The Bertz CT molecular complexity index is 386. The Hall–Kier alpha value is -1.75. The quantitative estimate of drug-likeness (QED) is 0.846. The number of carbonyl (C=O) groups is 1. The van der Waals surface area contributed by atoms with Crippen molar-refractivity contribution < 1.29 is 14.6 Å². The highest BCUT2D eigenvalue weighted by Gasteiger charge is 2.10. The van der Waals surface area contributed by atoms with Gasteiger partial charge in [0.05, 0.1) is 13.2 Å². The summed E-state index contributed by atoms with van der Waals surface area (Å²) < 4.78 is 5.31. The van der Waals surface area contributed by atoms with Crippen molar-refractivity contribution in [1.29, 1.82) is 0 Å². The van der Waals surface area contributed by atoms with Gasteiger partial charge >= 0.3 is 6.09 Å². The summed E-state index contributed by atoms with van der Waals surface area (Å²) in [6, 6.07) is 8.27. The number of nitrogens with zero attached hydrogens (tertiary/aromatic N) is 1. The Morgan fingerprint density at radius 1 is 1.28 bits per heavy atom. The molecule has 5 nitrogen and oxygen atoms in total. The summed E-state index contributed by atoms with van der Waals surface area (Å²) in [7, 11) is 0. The molecule has 1 amide bonds. The monoisotopic (exact) mass is 250 g/mol. The number of ether oxygens (including phenoxy) is 1. The molecule has 0 bridgehead atoms. The highest BCUT2D eigenvalue weighted by atomic mass is 16.5. The molecular formula is C13H18N2O3. The second kappa shape index (κ2) is 6.26. The molecule has 1 aliphatic heterocycles. The van der Waals surface area contributed by atoms with Crippen LogP contribution >= 0.6 is 0 Å². The molecule has 1 aromatic carbocycles. The summed E-state index contributed by atoms with van der Waals surface area (Å²) in [6.07, 6.45) is -0.254. The van der Waals surface area contributed by atoms with E-state index in [0.29, 0.717) is 6.54 Å². The van der Waals surface area contributed by atoms with E-state index in [1.54, 1.807) is 0 Å². The van der Waals surface area contributed by atoms with Gasteiger partial charge < -0.3 is 20.1 Å². The third kappa shape index (κ3) is 3.63. The van der Waals surface area contributed by atoms with Gasteiger partial charge in [-0.2, -0.15) is 0 Å². The fourth-order valence-electron chi connectivity index (χ4n) is 2.01. The first kappa shape index (κ1) is 12.7. The fraction of sp³-hybridized carbons (Fsp3) is 0.462. The van der Waals surface area contributed by atoms with Crippen LogP contribution in [0.3, 0.4) is 0 Å². The minimum Gasteiger partial charge on any atom is -0.465 e. The zero-order valence-corrected chi connectivity index (χ0v) is 10.3. The van der Waals surface area contributed by atoms with Gasteiger partial charge in [-0.1, -0.05) is 12.1 Å². The fourth-order valence-corrected chi connectivity index (χ4v) is 2.01. The highest BCUT2D eigenvalue weighted by Crippen LogP contribution is 2.16. The molecule has 0 atom stereocenters. The van der Waals surface area contributed by atoms with Crippen molar-refractivity contribution in [3.8, 4) is 0 Å². The van der Waals surface area contributed by atoms with E-state index in [1.165, 1.54) is 5.69 Å². The Labute approximate surface area is 106 Å². The van der Waals surface area contributed by atoms with E-state index in [-0.39, 0.29) is 0 Å². The molecule has 1 aliphatic rings. The predicted octanol–water partition coefficient (Wildman–Crippen LogP) is 1.33. The first-order valence-corrected chi connectivity index (χ1v) is 6.14. The van der Waals surface area contributed by atoms with Crippen LogP contribution in [0.4, 0.5) is 10.5 Å². The molecule has 0 radical (unpaired) electrons. The maximum Gasteiger partial charge on any atom is 0.404 e. The zero-order chi connectivity index (χ0) is 12.8. The minimum atomic E-state index is -0.972. The van der Waals surface area contributed by atoms with E-state index >= 15 is 0 Å². The summed E-state index contributed by atoms with van der Waals surface area (Å²) in [5, 5.41) is 10.8. The number of hydrogen-bond donors (Lipinski definition) is 2. The average molecular weight is 250 g/mol. The number of rotatable bonds is 4. The zero-order valence-electron chi connectivity index (χ0n) is 10.3. The van der Waals surface area contributed by atoms with Crippen molar-refractivity contribution in [2.45, 2.75) is 6.42 Å². The average Bonchev–Trinajstić information content (AvgIpc) is 2.40. The van der Waals surface area contributed by atoms with Crippen molar-refractivity contribution in [1.82, 2.24) is 5.32 Å². The van der Waals surface area contributed by atoms with Crippen molar-refractivity contribution in [2.75, 3.05) is 37.7 Å². The van der Waals surface area contributed by atoms with E-state index in [9.17, 15) is 4.79 Å². The van der Waals surface area contributed by atoms with Crippen LogP contribution in [0, 0.1) is 0 Å². The van der Waals surface area contributed by atoms with Crippen LogP contribution in [0.15, 0.2) is 24.3 Å². The molecule has 2 N–H and O–H groups in total. The SMILES string of the molecule is O=C(O)NCCc1ccc(N2CCOCC2)cc1. The smallest absolute Gasteiger partial charge is 0.404 e. The van der Waals surface area contributed by atoms with Crippen LogP contribution in [0.2, 0.25) is 0 Å². The number of carboxylic acid groups (broad SMARTS) is 1. The molecule has 0 saturated carbocycles. The summed E-state index contributed by atoms with van der Waals surface area (Å²) in [5.74, 6) is 0. The second-order valence-electron chi connectivity index (χ2n) is 4.25. The summed E-state index contributed by atoms with van der Waals surface area (Å²) in [4.78, 5) is 12.6. The van der Waals surface area contributed by atoms with Crippen molar-refractivity contribution in [2.24, 2.45) is 0 Å². The molecular weight excluding hydrogens is 232 g/mol. The van der Waals surface area contributed by atoms with Gasteiger partial charge in [0.15, 0.2) is 0 Å². The standard InChI is InChI=1S/C13H18N2O3/c16-13(17)14-6-5-11-1-3-12(4-2-11)15-7-9-18-10-8-15/h1-4,14H,5-10H2,(H,16,17). The van der Waals surface area contributed by atoms with Gasteiger partial charge in [0, 0.05) is 25.3 Å². The number of morpholine rings is 1. The number of benzene rings is 1. The van der Waals surface area contributed by atoms with Gasteiger partial charge in [0.1, 0.15) is 0 Å². The summed E-state index contributed by atoms with van der Waals surface area (Å²) in [5.41, 5.74) is 2.34. The van der Waals surface area contributed by atoms with Crippen LogP contribution in [-0.2, 0) is 11.2 Å². The highest BCUT2D eigenvalue weighted by molar-refractivity contribution is 5.64. The molecule has 2 rings (SSSR count). The third-order valence-corrected chi connectivity index (χ3v) is 3.00. The molecule has 0 aromatic heterocycles. The largest absolute Gasteiger partial charge is 0.465 e. The lowest BCUT2D eigenvalue weighted by molar-refractivity contribution is 0.122. The second-order valence-corrected chi connectivity index (χ2v) is 4.25. The topological polar surface area (TPSA) is 61.8 Å². The molecule has 0 spiro atoms. The normalized spacial score (nSPS) is 15.4. The van der Waals surface area contributed by atoms with E-state index in [2.05, 4.69) is 22.3 Å². The van der Waals surface area contributed by atoms with Gasteiger partial charge in [-0.15, -0.1) is 0 Å². The van der Waals surface area contributed by atoms with Gasteiger partial charge in [0.2, 0.25) is 0 Å². The summed E-state index contributed by atoms with van der Waals surface area (Å²) >= 11 is 0. The molecule has 18 heavy (non-hydrogen) atoms. The van der Waals surface area contributed by atoms with Crippen molar-refractivity contribution in [3.05, 3.63) is 29.8 Å². The van der Waals surface area contributed by atoms with E-state index < -0.39 is 6.09 Å². The van der Waals surface area contributed by atoms with Gasteiger partial charge in [-0.05, 0) is 24.1 Å². The van der Waals surface area contributed by atoms with E-state index in [4.69, 9.17) is 9.84 Å².